The minimum atomic E-state index is -4.24. The van der Waals surface area contributed by atoms with Gasteiger partial charge >= 0.3 is 6.18 Å². The van der Waals surface area contributed by atoms with E-state index in [4.69, 9.17) is 4.42 Å². The van der Waals surface area contributed by atoms with Crippen LogP contribution in [0.1, 0.15) is 31.4 Å². The Morgan fingerprint density at radius 2 is 2.19 bits per heavy atom. The van der Waals surface area contributed by atoms with Crippen LogP contribution in [0.4, 0.5) is 13.2 Å². The Labute approximate surface area is 91.1 Å². The Bertz CT molecular complexity index is 345. The van der Waals surface area contributed by atoms with Crippen LogP contribution in [0.2, 0.25) is 0 Å². The van der Waals surface area contributed by atoms with E-state index >= 15 is 0 Å². The number of hydrogen-bond acceptors (Lipinski definition) is 2. The van der Waals surface area contributed by atoms with Crippen molar-refractivity contribution in [2.75, 3.05) is 0 Å². The number of alkyl halides is 3. The monoisotopic (exact) mass is 234 g/mol. The minimum absolute atomic E-state index is 0.0898. The van der Waals surface area contributed by atoms with Gasteiger partial charge in [-0.25, -0.2) is 0 Å². The second kappa shape index (κ2) is 3.80. The second-order valence-corrected chi connectivity index (χ2v) is 4.34. The molecular formula is C11H13F3O2. The van der Waals surface area contributed by atoms with E-state index in [0.29, 0.717) is 12.8 Å². The summed E-state index contributed by atoms with van der Waals surface area (Å²) in [5, 5.41) is 10.2. The molecule has 0 spiro atoms. The summed E-state index contributed by atoms with van der Waals surface area (Å²) in [6.45, 7) is 0. The van der Waals surface area contributed by atoms with Crippen LogP contribution in [0.25, 0.3) is 0 Å². The van der Waals surface area contributed by atoms with E-state index in [9.17, 15) is 18.3 Å². The highest BCUT2D eigenvalue weighted by Gasteiger charge is 2.48. The number of aliphatic hydroxyl groups is 1. The maximum Gasteiger partial charge on any atom is 0.391 e. The molecule has 1 heterocycles. The molecule has 1 aliphatic carbocycles. The van der Waals surface area contributed by atoms with Crippen molar-refractivity contribution in [3.63, 3.8) is 0 Å². The molecule has 16 heavy (non-hydrogen) atoms. The predicted molar refractivity (Wildman–Crippen MR) is 50.6 cm³/mol. The van der Waals surface area contributed by atoms with Crippen LogP contribution in [0.15, 0.2) is 22.8 Å². The Balaban J connectivity index is 2.18. The molecule has 2 rings (SSSR count). The van der Waals surface area contributed by atoms with Crippen molar-refractivity contribution < 1.29 is 22.7 Å². The molecule has 1 aromatic heterocycles. The van der Waals surface area contributed by atoms with E-state index in [2.05, 4.69) is 0 Å². The quantitative estimate of drug-likeness (QED) is 0.809. The van der Waals surface area contributed by atoms with E-state index in [0.717, 1.165) is 0 Å². The first-order valence-electron chi connectivity index (χ1n) is 5.25. The van der Waals surface area contributed by atoms with E-state index in [1.165, 1.54) is 12.3 Å². The van der Waals surface area contributed by atoms with Crippen molar-refractivity contribution in [3.8, 4) is 0 Å². The molecule has 1 fully saturated rings. The van der Waals surface area contributed by atoms with Crippen molar-refractivity contribution in [2.24, 2.45) is 5.92 Å². The van der Waals surface area contributed by atoms with Crippen molar-refractivity contribution in [1.29, 1.82) is 0 Å². The lowest BCUT2D eigenvalue weighted by Crippen LogP contribution is -2.38. The maximum atomic E-state index is 12.6. The number of hydrogen-bond donors (Lipinski definition) is 1. The topological polar surface area (TPSA) is 33.4 Å². The molecule has 0 radical (unpaired) electrons. The Hall–Kier alpha value is -0.970. The van der Waals surface area contributed by atoms with Gasteiger partial charge < -0.3 is 9.52 Å². The van der Waals surface area contributed by atoms with Crippen LogP contribution < -0.4 is 0 Å². The van der Waals surface area contributed by atoms with Crippen LogP contribution in [0.3, 0.4) is 0 Å². The SMILES string of the molecule is OC1(c2ccco2)CCCC(C(F)(F)F)C1. The molecule has 1 saturated carbocycles. The van der Waals surface area contributed by atoms with Crippen LogP contribution >= 0.6 is 0 Å². The average Bonchev–Trinajstić information content (AvgIpc) is 2.69. The molecule has 0 aliphatic heterocycles. The molecule has 2 atom stereocenters. The van der Waals surface area contributed by atoms with Crippen molar-refractivity contribution in [2.45, 2.75) is 37.5 Å². The zero-order chi connectivity index (χ0) is 11.8. The van der Waals surface area contributed by atoms with Crippen molar-refractivity contribution in [1.82, 2.24) is 0 Å². The van der Waals surface area contributed by atoms with Gasteiger partial charge in [0.15, 0.2) is 0 Å². The lowest BCUT2D eigenvalue weighted by atomic mass is 9.76. The average molecular weight is 234 g/mol. The van der Waals surface area contributed by atoms with E-state index < -0.39 is 17.7 Å². The van der Waals surface area contributed by atoms with Gasteiger partial charge in [0.05, 0.1) is 12.2 Å². The predicted octanol–water partition coefficient (Wildman–Crippen LogP) is 3.22. The fourth-order valence-electron chi connectivity index (χ4n) is 2.30. The second-order valence-electron chi connectivity index (χ2n) is 4.34. The minimum Gasteiger partial charge on any atom is -0.466 e. The summed E-state index contributed by atoms with van der Waals surface area (Å²) in [5.41, 5.74) is -1.46. The van der Waals surface area contributed by atoms with Crippen molar-refractivity contribution in [3.05, 3.63) is 24.2 Å². The lowest BCUT2D eigenvalue weighted by Gasteiger charge is -2.36. The molecule has 5 heteroatoms. The maximum absolute atomic E-state index is 12.6. The zero-order valence-electron chi connectivity index (χ0n) is 8.63. The highest BCUT2D eigenvalue weighted by molar-refractivity contribution is 5.11. The third kappa shape index (κ3) is 2.09. The summed E-state index contributed by atoms with van der Waals surface area (Å²) in [6.07, 6.45) is -2.39. The molecule has 2 nitrogen and oxygen atoms in total. The molecule has 1 N–H and O–H groups in total. The molecule has 0 bridgehead atoms. The Kier molecular flexibility index (Phi) is 2.74. The van der Waals surface area contributed by atoms with Gasteiger partial charge in [0.1, 0.15) is 11.4 Å². The van der Waals surface area contributed by atoms with E-state index in [1.54, 1.807) is 6.07 Å². The van der Waals surface area contributed by atoms with Gasteiger partial charge in [-0.1, -0.05) is 0 Å². The molecule has 90 valence electrons. The molecule has 2 unspecified atom stereocenters. The molecule has 0 saturated heterocycles. The third-order valence-electron chi connectivity index (χ3n) is 3.17. The van der Waals surface area contributed by atoms with Gasteiger partial charge in [-0.05, 0) is 37.8 Å². The summed E-state index contributed by atoms with van der Waals surface area (Å²) in [5.74, 6) is -1.20. The first kappa shape index (κ1) is 11.5. The third-order valence-corrected chi connectivity index (χ3v) is 3.17. The van der Waals surface area contributed by atoms with Gasteiger partial charge in [-0.2, -0.15) is 13.2 Å². The molecule has 0 aromatic carbocycles. The van der Waals surface area contributed by atoms with Gasteiger partial charge in [-0.3, -0.25) is 0 Å². The molecule has 1 aliphatic rings. The largest absolute Gasteiger partial charge is 0.466 e. The Morgan fingerprint density at radius 1 is 1.44 bits per heavy atom. The number of halogens is 3. The normalized spacial score (nSPS) is 31.6. The lowest BCUT2D eigenvalue weighted by molar-refractivity contribution is -0.203. The summed E-state index contributed by atoms with van der Waals surface area (Å²) in [6, 6.07) is 3.10. The fraction of sp³-hybridized carbons (Fsp3) is 0.636. The van der Waals surface area contributed by atoms with Gasteiger partial charge in [0, 0.05) is 0 Å². The van der Waals surface area contributed by atoms with Crippen LogP contribution in [-0.4, -0.2) is 11.3 Å². The van der Waals surface area contributed by atoms with Gasteiger partial charge in [-0.15, -0.1) is 0 Å². The summed E-state index contributed by atoms with van der Waals surface area (Å²) < 4.78 is 42.8. The standard InChI is InChI=1S/C11H13F3O2/c12-11(13,14)8-3-1-5-10(15,7-8)9-4-2-6-16-9/h2,4,6,8,15H,1,3,5,7H2. The van der Waals surface area contributed by atoms with Crippen LogP contribution in [-0.2, 0) is 5.60 Å². The van der Waals surface area contributed by atoms with Gasteiger partial charge in [0.25, 0.3) is 0 Å². The Morgan fingerprint density at radius 3 is 2.75 bits per heavy atom. The number of rotatable bonds is 1. The van der Waals surface area contributed by atoms with Crippen molar-refractivity contribution >= 4 is 0 Å². The highest BCUT2D eigenvalue weighted by atomic mass is 19.4. The molecular weight excluding hydrogens is 221 g/mol. The zero-order valence-corrected chi connectivity index (χ0v) is 8.63. The number of furan rings is 1. The summed E-state index contributed by atoms with van der Waals surface area (Å²) in [7, 11) is 0. The van der Waals surface area contributed by atoms with Gasteiger partial charge in [0.2, 0.25) is 0 Å². The van der Waals surface area contributed by atoms with E-state index in [-0.39, 0.29) is 18.6 Å². The first-order chi connectivity index (χ1) is 7.42. The molecule has 0 amide bonds. The van der Waals surface area contributed by atoms with E-state index in [1.807, 2.05) is 0 Å². The first-order valence-corrected chi connectivity index (χ1v) is 5.25. The van der Waals surface area contributed by atoms with Crippen LogP contribution in [0.5, 0.6) is 0 Å². The smallest absolute Gasteiger partial charge is 0.391 e. The fourth-order valence-corrected chi connectivity index (χ4v) is 2.30. The molecule has 1 aromatic rings. The highest BCUT2D eigenvalue weighted by Crippen LogP contribution is 2.46. The van der Waals surface area contributed by atoms with Crippen LogP contribution in [0, 0.1) is 5.92 Å². The summed E-state index contributed by atoms with van der Waals surface area (Å²) in [4.78, 5) is 0. The summed E-state index contributed by atoms with van der Waals surface area (Å²) >= 11 is 0.